The molecule has 138 valence electrons. The van der Waals surface area contributed by atoms with Crippen LogP contribution in [-0.2, 0) is 4.79 Å². The summed E-state index contributed by atoms with van der Waals surface area (Å²) in [4.78, 5) is 31.1. The van der Waals surface area contributed by atoms with Gasteiger partial charge in [0.15, 0.2) is 5.82 Å². The van der Waals surface area contributed by atoms with Gasteiger partial charge >= 0.3 is 0 Å². The zero-order valence-corrected chi connectivity index (χ0v) is 15.8. The van der Waals surface area contributed by atoms with E-state index in [4.69, 9.17) is 0 Å². The number of hydrogen-bond acceptors (Lipinski definition) is 5. The lowest BCUT2D eigenvalue weighted by atomic mass is 10.2. The predicted octanol–water partition coefficient (Wildman–Crippen LogP) is 2.70. The van der Waals surface area contributed by atoms with Gasteiger partial charge in [-0.05, 0) is 30.3 Å². The van der Waals surface area contributed by atoms with Gasteiger partial charge in [-0.15, -0.1) is 11.8 Å². The second-order valence-corrected chi connectivity index (χ2v) is 6.90. The van der Waals surface area contributed by atoms with Crippen LogP contribution in [0.2, 0.25) is 0 Å². The highest BCUT2D eigenvalue weighted by Crippen LogP contribution is 2.24. The van der Waals surface area contributed by atoms with E-state index in [1.807, 2.05) is 18.2 Å². The zero-order valence-electron chi connectivity index (χ0n) is 15.0. The molecule has 1 N–H and O–H groups in total. The Morgan fingerprint density at radius 1 is 1.15 bits per heavy atom. The Bertz CT molecular complexity index is 924. The SMILES string of the molecule is CN(C)C(=O)CSc1ccccc1C(=O)Nc1ccc(-n2cccn2)nc1. The number of benzene rings is 1. The Kier molecular flexibility index (Phi) is 5.87. The largest absolute Gasteiger partial charge is 0.348 e. The van der Waals surface area contributed by atoms with Crippen LogP contribution in [0.3, 0.4) is 0 Å². The second kappa shape index (κ2) is 8.50. The van der Waals surface area contributed by atoms with E-state index in [9.17, 15) is 9.59 Å². The molecule has 7 nitrogen and oxygen atoms in total. The summed E-state index contributed by atoms with van der Waals surface area (Å²) >= 11 is 1.34. The van der Waals surface area contributed by atoms with Crippen LogP contribution < -0.4 is 5.32 Å². The van der Waals surface area contributed by atoms with Crippen LogP contribution in [0.1, 0.15) is 10.4 Å². The van der Waals surface area contributed by atoms with Gasteiger partial charge in [0.2, 0.25) is 5.91 Å². The highest BCUT2D eigenvalue weighted by molar-refractivity contribution is 8.00. The lowest BCUT2D eigenvalue weighted by molar-refractivity contribution is -0.125. The molecule has 0 saturated heterocycles. The van der Waals surface area contributed by atoms with Crippen LogP contribution in [0, 0.1) is 0 Å². The molecule has 0 radical (unpaired) electrons. The molecule has 3 rings (SSSR count). The zero-order chi connectivity index (χ0) is 19.2. The monoisotopic (exact) mass is 381 g/mol. The first-order valence-electron chi connectivity index (χ1n) is 8.24. The highest BCUT2D eigenvalue weighted by atomic mass is 32.2. The molecule has 2 aromatic heterocycles. The standard InChI is InChI=1S/C19H19N5O2S/c1-23(2)18(25)13-27-16-7-4-3-6-15(16)19(26)22-14-8-9-17(20-12-14)24-11-5-10-21-24/h3-12H,13H2,1-2H3,(H,22,26). The number of anilines is 1. The molecular weight excluding hydrogens is 362 g/mol. The number of carbonyl (C=O) groups excluding carboxylic acids is 2. The smallest absolute Gasteiger partial charge is 0.256 e. The highest BCUT2D eigenvalue weighted by Gasteiger charge is 2.14. The van der Waals surface area contributed by atoms with Crippen LogP contribution in [0.4, 0.5) is 5.69 Å². The number of hydrogen-bond donors (Lipinski definition) is 1. The number of thioether (sulfide) groups is 1. The van der Waals surface area contributed by atoms with Crippen molar-refractivity contribution in [2.75, 3.05) is 25.2 Å². The maximum Gasteiger partial charge on any atom is 0.256 e. The first-order valence-corrected chi connectivity index (χ1v) is 9.22. The molecule has 0 spiro atoms. The van der Waals surface area contributed by atoms with E-state index in [2.05, 4.69) is 15.4 Å². The van der Waals surface area contributed by atoms with Crippen molar-refractivity contribution >= 4 is 29.3 Å². The summed E-state index contributed by atoms with van der Waals surface area (Å²) in [6, 6.07) is 12.6. The molecule has 0 aliphatic carbocycles. The van der Waals surface area contributed by atoms with Crippen molar-refractivity contribution in [1.29, 1.82) is 0 Å². The van der Waals surface area contributed by atoms with Crippen LogP contribution in [0.5, 0.6) is 0 Å². The van der Waals surface area contributed by atoms with E-state index in [1.54, 1.807) is 61.6 Å². The Labute approximate surface area is 161 Å². The Balaban J connectivity index is 1.70. The number of pyridine rings is 1. The fraction of sp³-hybridized carbons (Fsp3) is 0.158. The molecule has 0 atom stereocenters. The molecule has 8 heteroatoms. The van der Waals surface area contributed by atoms with Gasteiger partial charge in [0.05, 0.1) is 23.2 Å². The summed E-state index contributed by atoms with van der Waals surface area (Å²) < 4.78 is 1.64. The first kappa shape index (κ1) is 18.7. The summed E-state index contributed by atoms with van der Waals surface area (Å²) in [5.41, 5.74) is 1.10. The molecule has 0 unspecified atom stereocenters. The van der Waals surface area contributed by atoms with E-state index in [0.29, 0.717) is 17.1 Å². The summed E-state index contributed by atoms with van der Waals surface area (Å²) in [5.74, 6) is 0.686. The molecule has 0 aliphatic rings. The molecule has 0 saturated carbocycles. The van der Waals surface area contributed by atoms with Gasteiger partial charge in [-0.2, -0.15) is 5.10 Å². The molecule has 0 bridgehead atoms. The second-order valence-electron chi connectivity index (χ2n) is 5.88. The van der Waals surface area contributed by atoms with Crippen molar-refractivity contribution < 1.29 is 9.59 Å². The van der Waals surface area contributed by atoms with Gasteiger partial charge in [-0.1, -0.05) is 12.1 Å². The number of carbonyl (C=O) groups is 2. The van der Waals surface area contributed by atoms with Crippen LogP contribution >= 0.6 is 11.8 Å². The van der Waals surface area contributed by atoms with Crippen LogP contribution in [-0.4, -0.2) is 51.3 Å². The Hall–Kier alpha value is -3.13. The molecule has 0 aliphatic heterocycles. The number of nitrogens with one attached hydrogen (secondary N) is 1. The van der Waals surface area contributed by atoms with E-state index in [-0.39, 0.29) is 17.6 Å². The fourth-order valence-electron chi connectivity index (χ4n) is 2.25. The molecule has 2 amide bonds. The van der Waals surface area contributed by atoms with Crippen molar-refractivity contribution in [3.05, 3.63) is 66.6 Å². The summed E-state index contributed by atoms with van der Waals surface area (Å²) in [6.07, 6.45) is 5.05. The third-order valence-corrected chi connectivity index (χ3v) is 4.78. The number of aromatic nitrogens is 3. The van der Waals surface area contributed by atoms with Gasteiger partial charge < -0.3 is 10.2 Å². The molecule has 3 aromatic rings. The van der Waals surface area contributed by atoms with Crippen LogP contribution in [0.25, 0.3) is 5.82 Å². The van der Waals surface area contributed by atoms with E-state index in [0.717, 1.165) is 4.90 Å². The lowest BCUT2D eigenvalue weighted by Gasteiger charge is -2.12. The molecular formula is C19H19N5O2S. The van der Waals surface area contributed by atoms with Gasteiger partial charge in [-0.25, -0.2) is 9.67 Å². The topological polar surface area (TPSA) is 80.1 Å². The maximum atomic E-state index is 12.7. The van der Waals surface area contributed by atoms with E-state index >= 15 is 0 Å². The average Bonchev–Trinajstić information content (AvgIpc) is 3.21. The lowest BCUT2D eigenvalue weighted by Crippen LogP contribution is -2.23. The third-order valence-electron chi connectivity index (χ3n) is 3.73. The van der Waals surface area contributed by atoms with E-state index in [1.165, 1.54) is 16.7 Å². The third kappa shape index (κ3) is 4.73. The average molecular weight is 381 g/mol. The Morgan fingerprint density at radius 3 is 2.63 bits per heavy atom. The van der Waals surface area contributed by atoms with E-state index < -0.39 is 0 Å². The van der Waals surface area contributed by atoms with Crippen molar-refractivity contribution in [2.24, 2.45) is 0 Å². The number of amides is 2. The number of nitrogens with zero attached hydrogens (tertiary/aromatic N) is 4. The molecule has 2 heterocycles. The minimum absolute atomic E-state index is 0.00591. The fourth-order valence-corrected chi connectivity index (χ4v) is 3.28. The number of rotatable bonds is 6. The summed E-state index contributed by atoms with van der Waals surface area (Å²) in [6.45, 7) is 0. The normalized spacial score (nSPS) is 10.4. The van der Waals surface area contributed by atoms with Crippen molar-refractivity contribution in [2.45, 2.75) is 4.90 Å². The molecule has 1 aromatic carbocycles. The summed E-state index contributed by atoms with van der Waals surface area (Å²) in [5, 5.41) is 6.96. The predicted molar refractivity (Wildman–Crippen MR) is 105 cm³/mol. The summed E-state index contributed by atoms with van der Waals surface area (Å²) in [7, 11) is 3.42. The van der Waals surface area contributed by atoms with Crippen LogP contribution in [0.15, 0.2) is 66.0 Å². The Morgan fingerprint density at radius 2 is 1.96 bits per heavy atom. The maximum absolute atomic E-state index is 12.7. The minimum atomic E-state index is -0.246. The van der Waals surface area contributed by atoms with Gasteiger partial charge in [0.25, 0.3) is 5.91 Å². The van der Waals surface area contributed by atoms with Crippen molar-refractivity contribution in [3.63, 3.8) is 0 Å². The molecule has 0 fully saturated rings. The van der Waals surface area contributed by atoms with Crippen molar-refractivity contribution in [1.82, 2.24) is 19.7 Å². The molecule has 27 heavy (non-hydrogen) atoms. The quantitative estimate of drug-likeness (QED) is 0.664. The van der Waals surface area contributed by atoms with Crippen molar-refractivity contribution in [3.8, 4) is 5.82 Å². The van der Waals surface area contributed by atoms with Gasteiger partial charge in [-0.3, -0.25) is 9.59 Å². The van der Waals surface area contributed by atoms with Gasteiger partial charge in [0.1, 0.15) is 0 Å². The van der Waals surface area contributed by atoms with Gasteiger partial charge in [0, 0.05) is 31.4 Å². The first-order chi connectivity index (χ1) is 13.0. The minimum Gasteiger partial charge on any atom is -0.348 e.